The van der Waals surface area contributed by atoms with Crippen LogP contribution in [-0.2, 0) is 0 Å². The Morgan fingerprint density at radius 2 is 2.11 bits per heavy atom. The Labute approximate surface area is 56.2 Å². The molecular weight excluding hydrogens is 112 g/mol. The molecule has 1 rings (SSSR count). The number of aliphatic imine (C=N–C) groups is 1. The molecular formula is C7H14N2. The van der Waals surface area contributed by atoms with Crippen molar-refractivity contribution >= 4 is 5.84 Å². The number of amidine groups is 1. The molecule has 0 heterocycles. The Hall–Kier alpha value is -0.530. The van der Waals surface area contributed by atoms with Gasteiger partial charge in [0.15, 0.2) is 0 Å². The second-order valence-corrected chi connectivity index (χ2v) is 3.39. The third kappa shape index (κ3) is 1.07. The van der Waals surface area contributed by atoms with Crippen LogP contribution < -0.4 is 5.73 Å². The lowest BCUT2D eigenvalue weighted by Gasteiger charge is -1.99. The Morgan fingerprint density at radius 3 is 2.22 bits per heavy atom. The lowest BCUT2D eigenvalue weighted by Crippen LogP contribution is -2.16. The molecule has 0 aromatic heterocycles. The van der Waals surface area contributed by atoms with Gasteiger partial charge in [0, 0.05) is 13.0 Å². The average molecular weight is 126 g/mol. The highest BCUT2D eigenvalue weighted by molar-refractivity contribution is 5.86. The predicted molar refractivity (Wildman–Crippen MR) is 39.4 cm³/mol. The number of hydrogen-bond acceptors (Lipinski definition) is 1. The highest BCUT2D eigenvalue weighted by atomic mass is 14.9. The van der Waals surface area contributed by atoms with Crippen LogP contribution in [0.5, 0.6) is 0 Å². The normalized spacial score (nSPS) is 32.3. The minimum absolute atomic E-state index is 0.434. The Kier molecular flexibility index (Phi) is 1.26. The second kappa shape index (κ2) is 1.72. The van der Waals surface area contributed by atoms with E-state index in [1.165, 1.54) is 6.42 Å². The summed E-state index contributed by atoms with van der Waals surface area (Å²) in [6.45, 7) is 4.44. The summed E-state index contributed by atoms with van der Waals surface area (Å²) in [4.78, 5) is 3.94. The van der Waals surface area contributed by atoms with Gasteiger partial charge in [0.25, 0.3) is 0 Å². The summed E-state index contributed by atoms with van der Waals surface area (Å²) in [6.07, 6.45) is 1.20. The number of rotatable bonds is 1. The first-order valence-corrected chi connectivity index (χ1v) is 3.30. The van der Waals surface area contributed by atoms with Gasteiger partial charge in [0.2, 0.25) is 0 Å². The fraction of sp³-hybridized carbons (Fsp3) is 0.857. The summed E-state index contributed by atoms with van der Waals surface area (Å²) in [5, 5.41) is 0. The van der Waals surface area contributed by atoms with Crippen LogP contribution in [0.3, 0.4) is 0 Å². The first-order valence-electron chi connectivity index (χ1n) is 3.30. The third-order valence-corrected chi connectivity index (χ3v) is 2.13. The van der Waals surface area contributed by atoms with Crippen molar-refractivity contribution in [2.45, 2.75) is 20.3 Å². The minimum Gasteiger partial charge on any atom is -0.387 e. The lowest BCUT2D eigenvalue weighted by atomic mass is 10.1. The van der Waals surface area contributed by atoms with Crippen LogP contribution in [0.2, 0.25) is 0 Å². The van der Waals surface area contributed by atoms with Gasteiger partial charge in [-0.25, -0.2) is 0 Å². The maximum Gasteiger partial charge on any atom is 0.0970 e. The monoisotopic (exact) mass is 126 g/mol. The first-order chi connectivity index (χ1) is 4.08. The molecule has 1 unspecified atom stereocenters. The van der Waals surface area contributed by atoms with E-state index in [1.807, 2.05) is 0 Å². The summed E-state index contributed by atoms with van der Waals surface area (Å²) in [6, 6.07) is 0. The van der Waals surface area contributed by atoms with Crippen molar-refractivity contribution in [1.29, 1.82) is 0 Å². The van der Waals surface area contributed by atoms with E-state index >= 15 is 0 Å². The number of nitrogens with two attached hydrogens (primary N) is 1. The van der Waals surface area contributed by atoms with Crippen LogP contribution >= 0.6 is 0 Å². The molecule has 2 heteroatoms. The van der Waals surface area contributed by atoms with Crippen molar-refractivity contribution in [3.63, 3.8) is 0 Å². The largest absolute Gasteiger partial charge is 0.387 e. The zero-order chi connectivity index (χ0) is 7.07. The van der Waals surface area contributed by atoms with E-state index in [0.717, 1.165) is 5.84 Å². The van der Waals surface area contributed by atoms with E-state index in [-0.39, 0.29) is 0 Å². The van der Waals surface area contributed by atoms with Crippen LogP contribution in [0.1, 0.15) is 20.3 Å². The molecule has 0 bridgehead atoms. The Morgan fingerprint density at radius 1 is 1.67 bits per heavy atom. The van der Waals surface area contributed by atoms with E-state index in [0.29, 0.717) is 11.3 Å². The topological polar surface area (TPSA) is 38.4 Å². The predicted octanol–water partition coefficient (Wildman–Crippen LogP) is 1.02. The third-order valence-electron chi connectivity index (χ3n) is 2.13. The molecule has 0 spiro atoms. The van der Waals surface area contributed by atoms with E-state index in [1.54, 1.807) is 7.05 Å². The zero-order valence-corrected chi connectivity index (χ0v) is 6.31. The van der Waals surface area contributed by atoms with Gasteiger partial charge in [-0.1, -0.05) is 13.8 Å². The van der Waals surface area contributed by atoms with Crippen LogP contribution in [0.4, 0.5) is 0 Å². The molecule has 1 fully saturated rings. The summed E-state index contributed by atoms with van der Waals surface area (Å²) < 4.78 is 0. The molecule has 0 aliphatic heterocycles. The van der Waals surface area contributed by atoms with Crippen molar-refractivity contribution in [2.24, 2.45) is 22.1 Å². The van der Waals surface area contributed by atoms with E-state index in [4.69, 9.17) is 5.73 Å². The zero-order valence-electron chi connectivity index (χ0n) is 6.31. The van der Waals surface area contributed by atoms with Gasteiger partial charge < -0.3 is 5.73 Å². The fourth-order valence-electron chi connectivity index (χ4n) is 1.13. The smallest absolute Gasteiger partial charge is 0.0970 e. The summed E-state index contributed by atoms with van der Waals surface area (Å²) >= 11 is 0. The first kappa shape index (κ1) is 6.59. The van der Waals surface area contributed by atoms with Gasteiger partial charge >= 0.3 is 0 Å². The van der Waals surface area contributed by atoms with Gasteiger partial charge in [-0.05, 0) is 11.8 Å². The maximum atomic E-state index is 5.60. The van der Waals surface area contributed by atoms with Crippen LogP contribution in [-0.4, -0.2) is 12.9 Å². The molecule has 9 heavy (non-hydrogen) atoms. The SMILES string of the molecule is CN=C(N)C1CC1(C)C. The second-order valence-electron chi connectivity index (χ2n) is 3.39. The quantitative estimate of drug-likeness (QED) is 0.413. The summed E-state index contributed by atoms with van der Waals surface area (Å²) in [5.74, 6) is 1.38. The minimum atomic E-state index is 0.434. The van der Waals surface area contributed by atoms with Gasteiger partial charge in [-0.2, -0.15) is 0 Å². The molecule has 1 saturated carbocycles. The van der Waals surface area contributed by atoms with E-state index in [9.17, 15) is 0 Å². The molecule has 0 amide bonds. The van der Waals surface area contributed by atoms with Crippen molar-refractivity contribution in [3.8, 4) is 0 Å². The average Bonchev–Trinajstić information content (AvgIpc) is 2.38. The van der Waals surface area contributed by atoms with Gasteiger partial charge in [0.05, 0.1) is 5.84 Å². The fourth-order valence-corrected chi connectivity index (χ4v) is 1.13. The van der Waals surface area contributed by atoms with Crippen molar-refractivity contribution < 1.29 is 0 Å². The van der Waals surface area contributed by atoms with Crippen LogP contribution in [0.15, 0.2) is 4.99 Å². The highest BCUT2D eigenvalue weighted by Crippen LogP contribution is 2.51. The molecule has 1 aliphatic carbocycles. The molecule has 52 valence electrons. The molecule has 2 N–H and O–H groups in total. The van der Waals surface area contributed by atoms with Crippen LogP contribution in [0.25, 0.3) is 0 Å². The molecule has 0 saturated heterocycles. The van der Waals surface area contributed by atoms with Crippen LogP contribution in [0, 0.1) is 11.3 Å². The Balaban J connectivity index is 2.52. The van der Waals surface area contributed by atoms with E-state index < -0.39 is 0 Å². The van der Waals surface area contributed by atoms with E-state index in [2.05, 4.69) is 18.8 Å². The van der Waals surface area contributed by atoms with Crippen molar-refractivity contribution in [3.05, 3.63) is 0 Å². The lowest BCUT2D eigenvalue weighted by molar-refractivity contribution is 0.620. The Bertz CT molecular complexity index is 147. The summed E-state index contributed by atoms with van der Waals surface area (Å²) in [7, 11) is 1.75. The standard InChI is InChI=1S/C7H14N2/c1-7(2)4-5(7)6(8)9-3/h5H,4H2,1-3H3,(H2,8,9). The summed E-state index contributed by atoms with van der Waals surface area (Å²) in [5.41, 5.74) is 6.04. The van der Waals surface area contributed by atoms with Crippen molar-refractivity contribution in [2.75, 3.05) is 7.05 Å². The molecule has 0 aromatic rings. The highest BCUT2D eigenvalue weighted by Gasteiger charge is 2.47. The molecule has 0 radical (unpaired) electrons. The number of hydrogen-bond donors (Lipinski definition) is 1. The maximum absolute atomic E-state index is 5.60. The molecule has 2 nitrogen and oxygen atoms in total. The number of nitrogens with zero attached hydrogens (tertiary/aromatic N) is 1. The van der Waals surface area contributed by atoms with Gasteiger partial charge in [-0.3, -0.25) is 4.99 Å². The van der Waals surface area contributed by atoms with Crippen molar-refractivity contribution in [1.82, 2.24) is 0 Å². The van der Waals surface area contributed by atoms with Gasteiger partial charge in [0.1, 0.15) is 0 Å². The molecule has 1 atom stereocenters. The molecule has 1 aliphatic rings. The van der Waals surface area contributed by atoms with Gasteiger partial charge in [-0.15, -0.1) is 0 Å². The molecule has 0 aromatic carbocycles.